The Morgan fingerprint density at radius 3 is 2.79 bits per heavy atom. The molecule has 1 aliphatic rings. The van der Waals surface area contributed by atoms with Crippen molar-refractivity contribution in [3.05, 3.63) is 29.3 Å². The molecule has 0 spiro atoms. The highest BCUT2D eigenvalue weighted by molar-refractivity contribution is 5.98. The van der Waals surface area contributed by atoms with Crippen molar-refractivity contribution >= 4 is 11.5 Å². The highest BCUT2D eigenvalue weighted by atomic mass is 16.4. The lowest BCUT2D eigenvalue weighted by atomic mass is 10.1. The smallest absolute Gasteiger partial charge is 0.170 e. The van der Waals surface area contributed by atoms with Crippen molar-refractivity contribution in [2.24, 2.45) is 10.9 Å². The molecule has 1 aromatic carbocycles. The van der Waals surface area contributed by atoms with Crippen LogP contribution in [0.5, 0.6) is 0 Å². The van der Waals surface area contributed by atoms with Gasteiger partial charge in [0.25, 0.3) is 0 Å². The van der Waals surface area contributed by atoms with Gasteiger partial charge >= 0.3 is 0 Å². The second kappa shape index (κ2) is 5.51. The minimum Gasteiger partial charge on any atom is -0.409 e. The average molecular weight is 261 g/mol. The number of hydrogen-bond acceptors (Lipinski definition) is 3. The number of rotatable bonds is 3. The molecule has 104 valence electrons. The lowest BCUT2D eigenvalue weighted by molar-refractivity contribution is 0.318. The first-order chi connectivity index (χ1) is 9.08. The fourth-order valence-electron chi connectivity index (χ4n) is 3.09. The van der Waals surface area contributed by atoms with Gasteiger partial charge < -0.3 is 15.8 Å². The number of amidine groups is 1. The van der Waals surface area contributed by atoms with Crippen molar-refractivity contribution in [2.45, 2.75) is 52.1 Å². The van der Waals surface area contributed by atoms with E-state index < -0.39 is 0 Å². The first kappa shape index (κ1) is 13.7. The third-order valence-corrected chi connectivity index (χ3v) is 4.15. The molecule has 1 fully saturated rings. The van der Waals surface area contributed by atoms with E-state index in [2.05, 4.69) is 36.0 Å². The van der Waals surface area contributed by atoms with E-state index >= 15 is 0 Å². The molecule has 0 aliphatic carbocycles. The van der Waals surface area contributed by atoms with E-state index in [9.17, 15) is 0 Å². The molecule has 2 rings (SSSR count). The third kappa shape index (κ3) is 2.53. The lowest BCUT2D eigenvalue weighted by Gasteiger charge is -2.31. The summed E-state index contributed by atoms with van der Waals surface area (Å²) in [5.74, 6) is 0.172. The summed E-state index contributed by atoms with van der Waals surface area (Å²) in [6.07, 6.45) is 3.68. The van der Waals surface area contributed by atoms with Crippen molar-refractivity contribution in [1.29, 1.82) is 0 Å². The zero-order valence-electron chi connectivity index (χ0n) is 11.9. The quantitative estimate of drug-likeness (QED) is 0.380. The molecule has 1 aromatic rings. The van der Waals surface area contributed by atoms with Crippen LogP contribution >= 0.6 is 0 Å². The molecule has 1 saturated heterocycles. The van der Waals surface area contributed by atoms with Gasteiger partial charge in [-0.1, -0.05) is 12.1 Å². The summed E-state index contributed by atoms with van der Waals surface area (Å²) in [6, 6.07) is 7.36. The van der Waals surface area contributed by atoms with Crippen molar-refractivity contribution in [3.63, 3.8) is 0 Å². The molecule has 1 aliphatic heterocycles. The van der Waals surface area contributed by atoms with Crippen LogP contribution in [0.25, 0.3) is 0 Å². The van der Waals surface area contributed by atoms with Gasteiger partial charge in [-0.15, -0.1) is 0 Å². The zero-order chi connectivity index (χ0) is 14.0. The fraction of sp³-hybridized carbons (Fsp3) is 0.533. The van der Waals surface area contributed by atoms with Crippen LogP contribution in [0.15, 0.2) is 23.4 Å². The standard InChI is InChI=1S/C15H23N3O/c1-4-12-6-5-11(3)18(12)13-7-8-14(10(2)9-13)15(16)17-19/h7-9,11-12,19H,4-6H2,1-3H3,(H2,16,17). The molecule has 3 N–H and O–H groups in total. The fourth-order valence-corrected chi connectivity index (χ4v) is 3.09. The molecule has 0 saturated carbocycles. The average Bonchev–Trinajstić information content (AvgIpc) is 2.78. The van der Waals surface area contributed by atoms with Gasteiger partial charge in [-0.3, -0.25) is 0 Å². The van der Waals surface area contributed by atoms with Crippen LogP contribution in [0.1, 0.15) is 44.2 Å². The van der Waals surface area contributed by atoms with E-state index in [4.69, 9.17) is 10.9 Å². The predicted molar refractivity (Wildman–Crippen MR) is 78.9 cm³/mol. The molecule has 0 radical (unpaired) electrons. The minimum atomic E-state index is 0.172. The summed E-state index contributed by atoms with van der Waals surface area (Å²) in [7, 11) is 0. The molecular formula is C15H23N3O. The molecule has 0 aromatic heterocycles. The van der Waals surface area contributed by atoms with Crippen molar-refractivity contribution in [2.75, 3.05) is 4.90 Å². The Hall–Kier alpha value is -1.71. The number of benzene rings is 1. The Morgan fingerprint density at radius 1 is 1.47 bits per heavy atom. The topological polar surface area (TPSA) is 61.8 Å². The first-order valence-corrected chi connectivity index (χ1v) is 6.95. The molecule has 4 heteroatoms. The molecule has 2 atom stereocenters. The molecule has 1 heterocycles. The summed E-state index contributed by atoms with van der Waals surface area (Å²) < 4.78 is 0. The number of anilines is 1. The molecule has 0 amide bonds. The van der Waals surface area contributed by atoms with E-state index in [1.165, 1.54) is 24.9 Å². The third-order valence-electron chi connectivity index (χ3n) is 4.15. The van der Waals surface area contributed by atoms with Gasteiger partial charge in [0.05, 0.1) is 0 Å². The lowest BCUT2D eigenvalue weighted by Crippen LogP contribution is -2.34. The maximum absolute atomic E-state index is 8.77. The number of nitrogens with zero attached hydrogens (tertiary/aromatic N) is 2. The molecule has 19 heavy (non-hydrogen) atoms. The summed E-state index contributed by atoms with van der Waals surface area (Å²) >= 11 is 0. The second-order valence-corrected chi connectivity index (χ2v) is 5.38. The molecule has 2 unspecified atom stereocenters. The number of aryl methyl sites for hydroxylation is 1. The van der Waals surface area contributed by atoms with Crippen LogP contribution in [0, 0.1) is 6.92 Å². The molecule has 0 bridgehead atoms. The molecular weight excluding hydrogens is 238 g/mol. The summed E-state index contributed by atoms with van der Waals surface area (Å²) in [6.45, 7) is 6.52. The predicted octanol–water partition coefficient (Wildman–Crippen LogP) is 2.86. The van der Waals surface area contributed by atoms with Crippen LogP contribution in [-0.2, 0) is 0 Å². The van der Waals surface area contributed by atoms with E-state index in [-0.39, 0.29) is 5.84 Å². The van der Waals surface area contributed by atoms with Crippen molar-refractivity contribution in [1.82, 2.24) is 0 Å². The van der Waals surface area contributed by atoms with Gasteiger partial charge in [0.15, 0.2) is 5.84 Å². The van der Waals surface area contributed by atoms with Crippen molar-refractivity contribution in [3.8, 4) is 0 Å². The Morgan fingerprint density at radius 2 is 2.21 bits per heavy atom. The van der Waals surface area contributed by atoms with E-state index in [0.29, 0.717) is 12.1 Å². The summed E-state index contributed by atoms with van der Waals surface area (Å²) in [5, 5.41) is 11.8. The summed E-state index contributed by atoms with van der Waals surface area (Å²) in [5.41, 5.74) is 8.75. The van der Waals surface area contributed by atoms with Crippen LogP contribution < -0.4 is 10.6 Å². The van der Waals surface area contributed by atoms with E-state index in [1.54, 1.807) is 0 Å². The van der Waals surface area contributed by atoms with Gasteiger partial charge in [0.1, 0.15) is 0 Å². The van der Waals surface area contributed by atoms with Crippen molar-refractivity contribution < 1.29 is 5.21 Å². The SMILES string of the molecule is CCC1CCC(C)N1c1ccc(/C(N)=N/O)c(C)c1. The number of hydrogen-bond donors (Lipinski definition) is 2. The highest BCUT2D eigenvalue weighted by Crippen LogP contribution is 2.32. The monoisotopic (exact) mass is 261 g/mol. The van der Waals surface area contributed by atoms with Crippen LogP contribution in [0.2, 0.25) is 0 Å². The van der Waals surface area contributed by atoms with Gasteiger partial charge in [0, 0.05) is 23.3 Å². The number of oxime groups is 1. The van der Waals surface area contributed by atoms with Gasteiger partial charge in [0.2, 0.25) is 0 Å². The number of nitrogens with two attached hydrogens (primary N) is 1. The van der Waals surface area contributed by atoms with Crippen LogP contribution in [0.4, 0.5) is 5.69 Å². The summed E-state index contributed by atoms with van der Waals surface area (Å²) in [4.78, 5) is 2.50. The normalized spacial score (nSPS) is 23.9. The highest BCUT2D eigenvalue weighted by Gasteiger charge is 2.29. The van der Waals surface area contributed by atoms with Gasteiger partial charge in [-0.25, -0.2) is 0 Å². The Labute approximate surface area is 114 Å². The first-order valence-electron chi connectivity index (χ1n) is 6.95. The largest absolute Gasteiger partial charge is 0.409 e. The second-order valence-electron chi connectivity index (χ2n) is 5.38. The zero-order valence-corrected chi connectivity index (χ0v) is 11.9. The van der Waals surface area contributed by atoms with Gasteiger partial charge in [-0.05, 0) is 56.9 Å². The maximum atomic E-state index is 8.77. The Balaban J connectivity index is 2.34. The van der Waals surface area contributed by atoms with E-state index in [1.807, 2.05) is 13.0 Å². The van der Waals surface area contributed by atoms with Crippen LogP contribution in [-0.4, -0.2) is 23.1 Å². The van der Waals surface area contributed by atoms with Crippen LogP contribution in [0.3, 0.4) is 0 Å². The maximum Gasteiger partial charge on any atom is 0.170 e. The Kier molecular flexibility index (Phi) is 3.98. The van der Waals surface area contributed by atoms with Gasteiger partial charge in [-0.2, -0.15) is 0 Å². The molecule has 4 nitrogen and oxygen atoms in total. The van der Waals surface area contributed by atoms with E-state index in [0.717, 1.165) is 11.1 Å². The minimum absolute atomic E-state index is 0.172. The Bertz CT molecular complexity index is 484.